The van der Waals surface area contributed by atoms with E-state index in [9.17, 15) is 14.9 Å². The van der Waals surface area contributed by atoms with Crippen molar-refractivity contribution in [2.45, 2.75) is 13.3 Å². The molecule has 0 spiro atoms. The quantitative estimate of drug-likeness (QED) is 0.415. The second-order valence-electron chi connectivity index (χ2n) is 5.47. The molecule has 0 saturated heterocycles. The number of carbonyl (C=O) groups is 1. The predicted octanol–water partition coefficient (Wildman–Crippen LogP) is 2.90. The van der Waals surface area contributed by atoms with E-state index >= 15 is 0 Å². The van der Waals surface area contributed by atoms with Gasteiger partial charge in [0.05, 0.1) is 18.0 Å². The van der Waals surface area contributed by atoms with Crippen LogP contribution in [0.1, 0.15) is 12.0 Å². The molecule has 0 radical (unpaired) electrons. The minimum Gasteiger partial charge on any atom is -0.493 e. The standard InChI is InChI=1S/C18H21N3O4/c1-14-5-4-6-15(13-14)25-12-9-18(22)20-11-10-19-16-7-2-3-8-17(16)21(23)24/h2-8,13,19H,9-12H2,1H3,(H,20,22). The molecule has 0 aliphatic carbocycles. The number of nitrogens with zero attached hydrogens (tertiary/aromatic N) is 1. The lowest BCUT2D eigenvalue weighted by atomic mass is 10.2. The van der Waals surface area contributed by atoms with Crippen LogP contribution in [0.25, 0.3) is 0 Å². The Morgan fingerprint density at radius 1 is 1.16 bits per heavy atom. The number of amides is 1. The smallest absolute Gasteiger partial charge is 0.292 e. The van der Waals surface area contributed by atoms with Gasteiger partial charge in [-0.05, 0) is 30.7 Å². The number of hydrogen-bond donors (Lipinski definition) is 2. The van der Waals surface area contributed by atoms with Crippen molar-refractivity contribution < 1.29 is 14.5 Å². The summed E-state index contributed by atoms with van der Waals surface area (Å²) in [4.78, 5) is 22.2. The van der Waals surface area contributed by atoms with E-state index in [0.717, 1.165) is 11.3 Å². The lowest BCUT2D eigenvalue weighted by Gasteiger charge is -2.09. The van der Waals surface area contributed by atoms with Crippen molar-refractivity contribution in [2.24, 2.45) is 0 Å². The van der Waals surface area contributed by atoms with Crippen LogP contribution < -0.4 is 15.4 Å². The molecule has 0 aromatic heterocycles. The zero-order valence-corrected chi connectivity index (χ0v) is 14.0. The minimum absolute atomic E-state index is 0.0142. The number of nitrogens with one attached hydrogen (secondary N) is 2. The Kier molecular flexibility index (Phi) is 6.76. The van der Waals surface area contributed by atoms with E-state index in [0.29, 0.717) is 25.4 Å². The number of nitro groups is 1. The van der Waals surface area contributed by atoms with Gasteiger partial charge in [-0.3, -0.25) is 14.9 Å². The Morgan fingerprint density at radius 2 is 1.96 bits per heavy atom. The monoisotopic (exact) mass is 343 g/mol. The number of anilines is 1. The van der Waals surface area contributed by atoms with E-state index in [1.54, 1.807) is 18.2 Å². The molecule has 0 aliphatic heterocycles. The van der Waals surface area contributed by atoms with Gasteiger partial charge in [0, 0.05) is 19.2 Å². The van der Waals surface area contributed by atoms with Gasteiger partial charge in [0.15, 0.2) is 0 Å². The first-order valence-corrected chi connectivity index (χ1v) is 8.00. The Morgan fingerprint density at radius 3 is 2.72 bits per heavy atom. The van der Waals surface area contributed by atoms with Crippen molar-refractivity contribution >= 4 is 17.3 Å². The largest absolute Gasteiger partial charge is 0.493 e. The number of nitro benzene ring substituents is 1. The van der Waals surface area contributed by atoms with E-state index in [-0.39, 0.29) is 18.0 Å². The van der Waals surface area contributed by atoms with Crippen LogP contribution in [0.3, 0.4) is 0 Å². The summed E-state index contributed by atoms with van der Waals surface area (Å²) >= 11 is 0. The van der Waals surface area contributed by atoms with Crippen molar-refractivity contribution in [1.29, 1.82) is 0 Å². The summed E-state index contributed by atoms with van der Waals surface area (Å²) in [5.74, 6) is 0.614. The molecule has 7 heteroatoms. The van der Waals surface area contributed by atoms with Gasteiger partial charge in [0.25, 0.3) is 5.69 Å². The van der Waals surface area contributed by atoms with Crippen molar-refractivity contribution in [3.05, 3.63) is 64.2 Å². The normalized spacial score (nSPS) is 10.1. The third kappa shape index (κ3) is 6.14. The van der Waals surface area contributed by atoms with Gasteiger partial charge < -0.3 is 15.4 Å². The summed E-state index contributed by atoms with van der Waals surface area (Å²) in [6.45, 7) is 3.04. The fraction of sp³-hybridized carbons (Fsp3) is 0.278. The Balaban J connectivity index is 1.65. The summed E-state index contributed by atoms with van der Waals surface area (Å²) in [6, 6.07) is 14.0. The topological polar surface area (TPSA) is 93.5 Å². The molecule has 0 aliphatic rings. The fourth-order valence-electron chi connectivity index (χ4n) is 2.24. The first kappa shape index (κ1) is 18.3. The zero-order chi connectivity index (χ0) is 18.1. The SMILES string of the molecule is Cc1cccc(OCCC(=O)NCCNc2ccccc2[N+](=O)[O-])c1. The Hall–Kier alpha value is -3.09. The van der Waals surface area contributed by atoms with E-state index in [1.165, 1.54) is 6.07 Å². The van der Waals surface area contributed by atoms with Gasteiger partial charge in [-0.1, -0.05) is 24.3 Å². The lowest BCUT2D eigenvalue weighted by Crippen LogP contribution is -2.29. The van der Waals surface area contributed by atoms with Gasteiger partial charge >= 0.3 is 0 Å². The summed E-state index contributed by atoms with van der Waals surface area (Å²) < 4.78 is 5.52. The molecule has 0 saturated carbocycles. The molecule has 0 unspecified atom stereocenters. The van der Waals surface area contributed by atoms with E-state index in [1.807, 2.05) is 31.2 Å². The summed E-state index contributed by atoms with van der Waals surface area (Å²) in [7, 11) is 0. The van der Waals surface area contributed by atoms with Gasteiger partial charge in [-0.25, -0.2) is 0 Å². The van der Waals surface area contributed by atoms with Crippen LogP contribution in [0.15, 0.2) is 48.5 Å². The molecular formula is C18H21N3O4. The van der Waals surface area contributed by atoms with Crippen molar-refractivity contribution in [3.63, 3.8) is 0 Å². The van der Waals surface area contributed by atoms with Crippen molar-refractivity contribution in [2.75, 3.05) is 25.0 Å². The Bertz CT molecular complexity index is 734. The van der Waals surface area contributed by atoms with Crippen molar-refractivity contribution in [3.8, 4) is 5.75 Å². The van der Waals surface area contributed by atoms with Gasteiger partial charge in [0.2, 0.25) is 5.91 Å². The number of carbonyl (C=O) groups excluding carboxylic acids is 1. The number of hydrogen-bond acceptors (Lipinski definition) is 5. The van der Waals surface area contributed by atoms with Crippen LogP contribution in [0, 0.1) is 17.0 Å². The molecule has 0 heterocycles. The molecule has 0 bridgehead atoms. The van der Waals surface area contributed by atoms with Crippen LogP contribution in [0.4, 0.5) is 11.4 Å². The highest BCUT2D eigenvalue weighted by atomic mass is 16.6. The molecule has 2 aromatic rings. The second kappa shape index (κ2) is 9.27. The third-order valence-corrected chi connectivity index (χ3v) is 3.45. The lowest BCUT2D eigenvalue weighted by molar-refractivity contribution is -0.384. The molecule has 0 fully saturated rings. The van der Waals surface area contributed by atoms with Gasteiger partial charge in [-0.15, -0.1) is 0 Å². The first-order chi connectivity index (χ1) is 12.1. The highest BCUT2D eigenvalue weighted by Gasteiger charge is 2.11. The third-order valence-electron chi connectivity index (χ3n) is 3.45. The number of para-hydroxylation sites is 2. The van der Waals surface area contributed by atoms with Crippen LogP contribution >= 0.6 is 0 Å². The number of benzene rings is 2. The molecule has 2 N–H and O–H groups in total. The maximum Gasteiger partial charge on any atom is 0.292 e. The van der Waals surface area contributed by atoms with Gasteiger partial charge in [0.1, 0.15) is 11.4 Å². The number of aryl methyl sites for hydroxylation is 1. The molecule has 0 atom stereocenters. The summed E-state index contributed by atoms with van der Waals surface area (Å²) in [5, 5.41) is 16.6. The Labute approximate surface area is 146 Å². The molecule has 2 rings (SSSR count). The van der Waals surface area contributed by atoms with E-state index in [2.05, 4.69) is 10.6 Å². The van der Waals surface area contributed by atoms with Crippen LogP contribution in [0.5, 0.6) is 5.75 Å². The maximum atomic E-state index is 11.8. The zero-order valence-electron chi connectivity index (χ0n) is 14.0. The van der Waals surface area contributed by atoms with Crippen LogP contribution in [-0.2, 0) is 4.79 Å². The van der Waals surface area contributed by atoms with Crippen molar-refractivity contribution in [1.82, 2.24) is 5.32 Å². The second-order valence-corrected chi connectivity index (χ2v) is 5.47. The van der Waals surface area contributed by atoms with Crippen LogP contribution in [-0.4, -0.2) is 30.5 Å². The number of ether oxygens (including phenoxy) is 1. The minimum atomic E-state index is -0.441. The number of rotatable bonds is 9. The predicted molar refractivity (Wildman–Crippen MR) is 95.9 cm³/mol. The maximum absolute atomic E-state index is 11.8. The fourth-order valence-corrected chi connectivity index (χ4v) is 2.24. The first-order valence-electron chi connectivity index (χ1n) is 8.00. The van der Waals surface area contributed by atoms with E-state index < -0.39 is 4.92 Å². The molecule has 2 aromatic carbocycles. The highest BCUT2D eigenvalue weighted by molar-refractivity contribution is 5.76. The van der Waals surface area contributed by atoms with Crippen LogP contribution in [0.2, 0.25) is 0 Å². The molecule has 25 heavy (non-hydrogen) atoms. The summed E-state index contributed by atoms with van der Waals surface area (Å²) in [5.41, 5.74) is 1.55. The van der Waals surface area contributed by atoms with E-state index in [4.69, 9.17) is 4.74 Å². The summed E-state index contributed by atoms with van der Waals surface area (Å²) in [6.07, 6.45) is 0.249. The molecule has 132 valence electrons. The highest BCUT2D eigenvalue weighted by Crippen LogP contribution is 2.22. The molecule has 1 amide bonds. The molecule has 7 nitrogen and oxygen atoms in total. The average Bonchev–Trinajstić information content (AvgIpc) is 2.59. The molecular weight excluding hydrogens is 322 g/mol. The average molecular weight is 343 g/mol. The van der Waals surface area contributed by atoms with Gasteiger partial charge in [-0.2, -0.15) is 0 Å².